The van der Waals surface area contributed by atoms with E-state index in [1.165, 1.54) is 5.56 Å². The second kappa shape index (κ2) is 7.59. The summed E-state index contributed by atoms with van der Waals surface area (Å²) in [5.41, 5.74) is 8.71. The van der Waals surface area contributed by atoms with Gasteiger partial charge in [-0.2, -0.15) is 0 Å². The van der Waals surface area contributed by atoms with Gasteiger partial charge < -0.3 is 14.9 Å². The molecule has 160 valence electrons. The van der Waals surface area contributed by atoms with E-state index in [2.05, 4.69) is 61.3 Å². The molecule has 2 N–H and O–H groups in total. The molecule has 0 saturated heterocycles. The van der Waals surface area contributed by atoms with E-state index in [4.69, 9.17) is 4.52 Å². The van der Waals surface area contributed by atoms with E-state index in [0.29, 0.717) is 0 Å². The fraction of sp³-hybridized carbons (Fsp3) is 0.370. The summed E-state index contributed by atoms with van der Waals surface area (Å²) in [5.74, 6) is 7.52. The maximum Gasteiger partial charge on any atom is 0.141 e. The molecule has 0 aliphatic carbocycles. The van der Waals surface area contributed by atoms with E-state index in [0.717, 1.165) is 50.5 Å². The first-order valence-electron chi connectivity index (χ1n) is 10.8. The fourth-order valence-corrected chi connectivity index (χ4v) is 4.70. The molecule has 3 aromatic rings. The van der Waals surface area contributed by atoms with Crippen molar-refractivity contribution >= 4 is 5.69 Å². The van der Waals surface area contributed by atoms with Gasteiger partial charge in [-0.15, -0.1) is 0 Å². The Bertz CT molecular complexity index is 1200. The third-order valence-corrected chi connectivity index (χ3v) is 6.33. The van der Waals surface area contributed by atoms with Gasteiger partial charge in [0, 0.05) is 33.9 Å². The lowest BCUT2D eigenvalue weighted by molar-refractivity contribution is 0.0868. The zero-order chi connectivity index (χ0) is 22.5. The van der Waals surface area contributed by atoms with Gasteiger partial charge in [-0.3, -0.25) is 0 Å². The monoisotopic (exact) mass is 414 g/mol. The first-order chi connectivity index (χ1) is 14.6. The Morgan fingerprint density at radius 2 is 1.84 bits per heavy atom. The summed E-state index contributed by atoms with van der Waals surface area (Å²) < 4.78 is 5.48. The van der Waals surface area contributed by atoms with Crippen molar-refractivity contribution in [2.45, 2.75) is 66.0 Å². The fourth-order valence-electron chi connectivity index (χ4n) is 4.70. The lowest BCUT2D eigenvalue weighted by Gasteiger charge is -2.43. The van der Waals surface area contributed by atoms with Gasteiger partial charge in [0.05, 0.1) is 17.3 Å². The molecule has 4 heteroatoms. The molecule has 31 heavy (non-hydrogen) atoms. The van der Waals surface area contributed by atoms with Crippen molar-refractivity contribution in [3.63, 3.8) is 0 Å². The highest BCUT2D eigenvalue weighted by Gasteiger charge is 2.41. The summed E-state index contributed by atoms with van der Waals surface area (Å²) in [6.07, 6.45) is -0.543. The molecule has 1 aliphatic heterocycles. The van der Waals surface area contributed by atoms with Gasteiger partial charge in [-0.05, 0) is 76.4 Å². The molecule has 0 amide bonds. The highest BCUT2D eigenvalue weighted by molar-refractivity contribution is 5.83. The topological polar surface area (TPSA) is 58.3 Å². The van der Waals surface area contributed by atoms with Crippen LogP contribution in [0.25, 0.3) is 11.1 Å². The minimum absolute atomic E-state index is 0.0767. The lowest BCUT2D eigenvalue weighted by Crippen LogP contribution is -2.50. The standard InChI is InChI=1S/C27H30N2O2/c1-15-9-8-10-20(13-15)11-12-21-22(24-18(4)29-31-19(24)5)14-16(2)25-23(21)17(3)26(30)27(6,7)28-25/h8-10,13-14,17,26,28,30H,1-7H3/t17-,26+/m1/s1. The predicted molar refractivity (Wildman–Crippen MR) is 125 cm³/mol. The van der Waals surface area contributed by atoms with E-state index in [1.54, 1.807) is 0 Å². The molecule has 0 unspecified atom stereocenters. The lowest BCUT2D eigenvalue weighted by atomic mass is 9.75. The number of aliphatic hydroxyl groups excluding tert-OH is 1. The molecule has 4 nitrogen and oxygen atoms in total. The number of aliphatic hydroxyl groups is 1. The van der Waals surface area contributed by atoms with E-state index < -0.39 is 11.6 Å². The third-order valence-electron chi connectivity index (χ3n) is 6.33. The van der Waals surface area contributed by atoms with Gasteiger partial charge in [-0.1, -0.05) is 36.1 Å². The van der Waals surface area contributed by atoms with Gasteiger partial charge in [0.25, 0.3) is 0 Å². The number of hydrogen-bond donors (Lipinski definition) is 2. The van der Waals surface area contributed by atoms with Crippen LogP contribution in [0.2, 0.25) is 0 Å². The van der Waals surface area contributed by atoms with Crippen LogP contribution >= 0.6 is 0 Å². The van der Waals surface area contributed by atoms with Crippen molar-refractivity contribution < 1.29 is 9.63 Å². The van der Waals surface area contributed by atoms with Gasteiger partial charge in [0.2, 0.25) is 0 Å². The van der Waals surface area contributed by atoms with Crippen molar-refractivity contribution in [1.29, 1.82) is 0 Å². The van der Waals surface area contributed by atoms with Crippen molar-refractivity contribution in [3.8, 4) is 23.0 Å². The number of anilines is 1. The smallest absolute Gasteiger partial charge is 0.141 e. The van der Waals surface area contributed by atoms with Gasteiger partial charge in [-0.25, -0.2) is 0 Å². The summed E-state index contributed by atoms with van der Waals surface area (Å²) in [5, 5.41) is 18.8. The van der Waals surface area contributed by atoms with Crippen LogP contribution in [-0.4, -0.2) is 21.9 Å². The molecule has 0 saturated carbocycles. The average Bonchev–Trinajstić information content (AvgIpc) is 3.04. The number of nitrogens with one attached hydrogen (secondary N) is 1. The molecule has 0 fully saturated rings. The van der Waals surface area contributed by atoms with Crippen LogP contribution in [0.15, 0.2) is 34.9 Å². The second-order valence-electron chi connectivity index (χ2n) is 9.30. The summed E-state index contributed by atoms with van der Waals surface area (Å²) in [6.45, 7) is 14.2. The maximum atomic E-state index is 11.1. The van der Waals surface area contributed by atoms with Crippen LogP contribution in [0.1, 0.15) is 66.0 Å². The maximum absolute atomic E-state index is 11.1. The van der Waals surface area contributed by atoms with E-state index in [1.807, 2.05) is 39.8 Å². The summed E-state index contributed by atoms with van der Waals surface area (Å²) in [7, 11) is 0. The number of fused-ring (bicyclic) bond motifs is 1. The van der Waals surface area contributed by atoms with Gasteiger partial charge in [0.1, 0.15) is 5.76 Å². The molecule has 2 aromatic carbocycles. The number of nitrogens with zero attached hydrogens (tertiary/aromatic N) is 1. The molecular formula is C27H30N2O2. The first-order valence-corrected chi connectivity index (χ1v) is 10.8. The van der Waals surface area contributed by atoms with Crippen LogP contribution in [0, 0.1) is 39.5 Å². The summed E-state index contributed by atoms with van der Waals surface area (Å²) >= 11 is 0. The minimum atomic E-state index is -0.543. The first kappa shape index (κ1) is 21.2. The Morgan fingerprint density at radius 1 is 1.10 bits per heavy atom. The Morgan fingerprint density at radius 3 is 2.48 bits per heavy atom. The van der Waals surface area contributed by atoms with Crippen LogP contribution in [0.4, 0.5) is 5.69 Å². The average molecular weight is 415 g/mol. The van der Waals surface area contributed by atoms with Crippen LogP contribution < -0.4 is 5.32 Å². The van der Waals surface area contributed by atoms with Gasteiger partial charge >= 0.3 is 0 Å². The zero-order valence-electron chi connectivity index (χ0n) is 19.3. The largest absolute Gasteiger partial charge is 0.390 e. The Kier molecular flexibility index (Phi) is 5.19. The molecule has 4 rings (SSSR count). The number of aromatic nitrogens is 1. The normalized spacial score (nSPS) is 19.2. The van der Waals surface area contributed by atoms with Gasteiger partial charge in [0.15, 0.2) is 0 Å². The molecule has 1 aliphatic rings. The highest BCUT2D eigenvalue weighted by atomic mass is 16.5. The number of aryl methyl sites for hydroxylation is 4. The molecular weight excluding hydrogens is 384 g/mol. The van der Waals surface area contributed by atoms with Crippen LogP contribution in [-0.2, 0) is 0 Å². The molecule has 2 atom stereocenters. The van der Waals surface area contributed by atoms with Crippen molar-refractivity contribution in [1.82, 2.24) is 5.16 Å². The second-order valence-corrected chi connectivity index (χ2v) is 9.30. The van der Waals surface area contributed by atoms with E-state index >= 15 is 0 Å². The number of hydrogen-bond acceptors (Lipinski definition) is 4. The molecule has 1 aromatic heterocycles. The minimum Gasteiger partial charge on any atom is -0.390 e. The van der Waals surface area contributed by atoms with Crippen molar-refractivity contribution in [2.24, 2.45) is 0 Å². The highest BCUT2D eigenvalue weighted by Crippen LogP contribution is 2.46. The van der Waals surface area contributed by atoms with E-state index in [-0.39, 0.29) is 5.92 Å². The summed E-state index contributed by atoms with van der Waals surface area (Å²) in [6, 6.07) is 10.4. The molecule has 0 radical (unpaired) electrons. The SMILES string of the molecule is Cc1cccc(C#Cc2c(-c3c(C)noc3C)cc(C)c3c2[C@@H](C)[C@H](O)C(C)(C)N3)c1. The molecule has 2 heterocycles. The Balaban J connectivity index is 2.03. The van der Waals surface area contributed by atoms with E-state index in [9.17, 15) is 5.11 Å². The third kappa shape index (κ3) is 3.64. The number of benzene rings is 2. The van der Waals surface area contributed by atoms with Crippen molar-refractivity contribution in [2.75, 3.05) is 5.32 Å². The molecule has 0 bridgehead atoms. The Hall–Kier alpha value is -3.03. The molecule has 0 spiro atoms. The van der Waals surface area contributed by atoms with Crippen molar-refractivity contribution in [3.05, 3.63) is 69.6 Å². The Labute approximate surface area is 184 Å². The summed E-state index contributed by atoms with van der Waals surface area (Å²) in [4.78, 5) is 0. The quantitative estimate of drug-likeness (QED) is 0.506. The van der Waals surface area contributed by atoms with Crippen LogP contribution in [0.5, 0.6) is 0 Å². The zero-order valence-corrected chi connectivity index (χ0v) is 19.3. The van der Waals surface area contributed by atoms with Crippen LogP contribution in [0.3, 0.4) is 0 Å². The number of rotatable bonds is 1. The predicted octanol–water partition coefficient (Wildman–Crippen LogP) is 5.64.